The molecule has 0 spiro atoms. The molecule has 0 saturated carbocycles. The third-order valence-corrected chi connectivity index (χ3v) is 5.14. The molecule has 6 heteroatoms. The molecule has 0 fully saturated rings. The number of nitrogens with one attached hydrogen (secondary N) is 1. The number of thiazole rings is 1. The molecular weight excluding hydrogens is 304 g/mol. The molecule has 0 radical (unpaired) electrons. The summed E-state index contributed by atoms with van der Waals surface area (Å²) in [7, 11) is 0. The summed E-state index contributed by atoms with van der Waals surface area (Å²) >= 11 is 3.12. The molecule has 1 unspecified atom stereocenters. The van der Waals surface area contributed by atoms with E-state index in [1.165, 1.54) is 0 Å². The maximum Gasteiger partial charge on any atom is 0.162 e. The number of thiophene rings is 1. The summed E-state index contributed by atoms with van der Waals surface area (Å²) in [4.78, 5) is 5.48. The Hall–Kier alpha value is -1.47. The minimum absolute atomic E-state index is 0.487. The molecule has 3 aromatic rings. The first-order chi connectivity index (χ1) is 10.1. The Balaban J connectivity index is 1.56. The minimum Gasteiger partial charge on any atom is -0.462 e. The standard InChI is InChI=1S/C15H16N2O2S2/c1-15(18,13-5-3-7-20-13)10-16-8-11-9-21-14(17-11)12-4-2-6-19-12/h2-7,9,16,18H,8,10H2,1H3. The molecule has 0 aromatic carbocycles. The van der Waals surface area contributed by atoms with Crippen LogP contribution < -0.4 is 5.32 Å². The number of aliphatic hydroxyl groups is 1. The lowest BCUT2D eigenvalue weighted by Gasteiger charge is -2.22. The summed E-state index contributed by atoms with van der Waals surface area (Å²) in [6.07, 6.45) is 1.65. The monoisotopic (exact) mass is 320 g/mol. The highest BCUT2D eigenvalue weighted by atomic mass is 32.1. The SMILES string of the molecule is CC(O)(CNCc1csc(-c2ccco2)n1)c1cccs1. The Morgan fingerprint density at radius 3 is 2.95 bits per heavy atom. The zero-order valence-corrected chi connectivity index (χ0v) is 13.2. The van der Waals surface area contributed by atoms with E-state index < -0.39 is 5.60 Å². The molecule has 0 aliphatic heterocycles. The molecule has 21 heavy (non-hydrogen) atoms. The highest BCUT2D eigenvalue weighted by Crippen LogP contribution is 2.25. The van der Waals surface area contributed by atoms with Gasteiger partial charge in [-0.2, -0.15) is 0 Å². The van der Waals surface area contributed by atoms with Crippen LogP contribution in [0.25, 0.3) is 10.8 Å². The smallest absolute Gasteiger partial charge is 0.162 e. The predicted octanol–water partition coefficient (Wildman–Crippen LogP) is 3.46. The normalized spacial score (nSPS) is 14.2. The molecule has 1 atom stereocenters. The average Bonchev–Trinajstić information content (AvgIpc) is 3.20. The van der Waals surface area contributed by atoms with Crippen LogP contribution in [0.1, 0.15) is 17.5 Å². The zero-order valence-electron chi connectivity index (χ0n) is 11.6. The highest BCUT2D eigenvalue weighted by molar-refractivity contribution is 7.13. The van der Waals surface area contributed by atoms with Crippen molar-refractivity contribution >= 4 is 22.7 Å². The van der Waals surface area contributed by atoms with E-state index in [0.29, 0.717) is 13.1 Å². The van der Waals surface area contributed by atoms with Crippen molar-refractivity contribution in [3.8, 4) is 10.8 Å². The maximum absolute atomic E-state index is 10.4. The molecule has 110 valence electrons. The molecular formula is C15H16N2O2S2. The van der Waals surface area contributed by atoms with Crippen LogP contribution in [0.5, 0.6) is 0 Å². The molecule has 0 amide bonds. The predicted molar refractivity (Wildman–Crippen MR) is 85.4 cm³/mol. The molecule has 3 rings (SSSR count). The summed E-state index contributed by atoms with van der Waals surface area (Å²) in [6.45, 7) is 2.93. The molecule has 0 aliphatic rings. The topological polar surface area (TPSA) is 58.3 Å². The van der Waals surface area contributed by atoms with Gasteiger partial charge in [0, 0.05) is 23.3 Å². The van der Waals surface area contributed by atoms with Crippen molar-refractivity contribution in [1.29, 1.82) is 0 Å². The molecule has 2 N–H and O–H groups in total. The molecule has 3 aromatic heterocycles. The van der Waals surface area contributed by atoms with E-state index in [0.717, 1.165) is 21.3 Å². The average molecular weight is 320 g/mol. The van der Waals surface area contributed by atoms with E-state index in [1.807, 2.05) is 41.9 Å². The number of rotatable bonds is 6. The fourth-order valence-corrected chi connectivity index (χ4v) is 3.58. The lowest BCUT2D eigenvalue weighted by molar-refractivity contribution is 0.0604. The maximum atomic E-state index is 10.4. The number of hydrogen-bond donors (Lipinski definition) is 2. The highest BCUT2D eigenvalue weighted by Gasteiger charge is 2.23. The Morgan fingerprint density at radius 2 is 2.24 bits per heavy atom. The van der Waals surface area contributed by atoms with Crippen LogP contribution in [-0.2, 0) is 12.1 Å². The molecule has 3 heterocycles. The van der Waals surface area contributed by atoms with E-state index >= 15 is 0 Å². The summed E-state index contributed by atoms with van der Waals surface area (Å²) in [5.74, 6) is 0.789. The molecule has 4 nitrogen and oxygen atoms in total. The largest absolute Gasteiger partial charge is 0.462 e. The van der Waals surface area contributed by atoms with Crippen molar-refractivity contribution in [3.05, 3.63) is 51.9 Å². The number of hydrogen-bond acceptors (Lipinski definition) is 6. The fourth-order valence-electron chi connectivity index (χ4n) is 2.01. The number of nitrogens with zero attached hydrogens (tertiary/aromatic N) is 1. The fraction of sp³-hybridized carbons (Fsp3) is 0.267. The van der Waals surface area contributed by atoms with Crippen molar-refractivity contribution in [2.75, 3.05) is 6.54 Å². The van der Waals surface area contributed by atoms with Gasteiger partial charge in [-0.05, 0) is 30.5 Å². The molecule has 0 saturated heterocycles. The first-order valence-electron chi connectivity index (χ1n) is 6.60. The van der Waals surface area contributed by atoms with Gasteiger partial charge in [-0.15, -0.1) is 22.7 Å². The Bertz CT molecular complexity index is 672. The van der Waals surface area contributed by atoms with Crippen molar-refractivity contribution in [1.82, 2.24) is 10.3 Å². The molecule has 0 bridgehead atoms. The van der Waals surface area contributed by atoms with E-state index in [4.69, 9.17) is 4.42 Å². The van der Waals surface area contributed by atoms with Gasteiger partial charge < -0.3 is 14.8 Å². The van der Waals surface area contributed by atoms with Gasteiger partial charge >= 0.3 is 0 Å². The second-order valence-electron chi connectivity index (χ2n) is 4.98. The Kier molecular flexibility index (Phi) is 4.21. The van der Waals surface area contributed by atoms with Crippen LogP contribution >= 0.6 is 22.7 Å². The van der Waals surface area contributed by atoms with Crippen molar-refractivity contribution in [3.63, 3.8) is 0 Å². The van der Waals surface area contributed by atoms with Crippen molar-refractivity contribution in [2.45, 2.75) is 19.1 Å². The van der Waals surface area contributed by atoms with Gasteiger partial charge in [0.1, 0.15) is 5.60 Å². The molecule has 0 aliphatic carbocycles. The lowest BCUT2D eigenvalue weighted by Crippen LogP contribution is -2.34. The Morgan fingerprint density at radius 1 is 1.33 bits per heavy atom. The second-order valence-corrected chi connectivity index (χ2v) is 6.78. The van der Waals surface area contributed by atoms with Gasteiger partial charge in [0.25, 0.3) is 0 Å². The first-order valence-corrected chi connectivity index (χ1v) is 8.36. The summed E-state index contributed by atoms with van der Waals surface area (Å²) in [5.41, 5.74) is 0.0991. The van der Waals surface area contributed by atoms with Gasteiger partial charge in [-0.25, -0.2) is 4.98 Å². The quantitative estimate of drug-likeness (QED) is 0.730. The van der Waals surface area contributed by atoms with Crippen LogP contribution in [-0.4, -0.2) is 16.6 Å². The van der Waals surface area contributed by atoms with Gasteiger partial charge in [-0.3, -0.25) is 0 Å². The second kappa shape index (κ2) is 6.11. The third-order valence-electron chi connectivity index (χ3n) is 3.11. The van der Waals surface area contributed by atoms with Gasteiger partial charge in [-0.1, -0.05) is 6.07 Å². The third kappa shape index (κ3) is 3.41. The lowest BCUT2D eigenvalue weighted by atomic mass is 10.1. The van der Waals surface area contributed by atoms with Crippen molar-refractivity contribution < 1.29 is 9.52 Å². The van der Waals surface area contributed by atoms with E-state index in [1.54, 1.807) is 28.9 Å². The van der Waals surface area contributed by atoms with Crippen LogP contribution in [0.4, 0.5) is 0 Å². The summed E-state index contributed by atoms with van der Waals surface area (Å²) in [6, 6.07) is 7.65. The summed E-state index contributed by atoms with van der Waals surface area (Å²) in [5, 5.41) is 18.5. The minimum atomic E-state index is -0.853. The van der Waals surface area contributed by atoms with E-state index in [9.17, 15) is 5.11 Å². The van der Waals surface area contributed by atoms with Crippen LogP contribution in [0.3, 0.4) is 0 Å². The number of furan rings is 1. The van der Waals surface area contributed by atoms with Gasteiger partial charge in [0.05, 0.1) is 12.0 Å². The van der Waals surface area contributed by atoms with Gasteiger partial charge in [0.2, 0.25) is 0 Å². The van der Waals surface area contributed by atoms with Crippen LogP contribution in [0, 0.1) is 0 Å². The van der Waals surface area contributed by atoms with Gasteiger partial charge in [0.15, 0.2) is 10.8 Å². The van der Waals surface area contributed by atoms with E-state index in [-0.39, 0.29) is 0 Å². The summed E-state index contributed by atoms with van der Waals surface area (Å²) < 4.78 is 5.33. The van der Waals surface area contributed by atoms with E-state index in [2.05, 4.69) is 10.3 Å². The van der Waals surface area contributed by atoms with Crippen LogP contribution in [0.15, 0.2) is 45.7 Å². The zero-order chi connectivity index (χ0) is 14.7. The Labute approximate surface area is 131 Å². The van der Waals surface area contributed by atoms with Crippen molar-refractivity contribution in [2.24, 2.45) is 0 Å². The van der Waals surface area contributed by atoms with Crippen LogP contribution in [0.2, 0.25) is 0 Å². The number of aromatic nitrogens is 1. The first kappa shape index (κ1) is 14.5.